The molecule has 1 aromatic carbocycles. The number of aromatic nitrogens is 2. The second kappa shape index (κ2) is 4.85. The molecule has 19 heavy (non-hydrogen) atoms. The highest BCUT2D eigenvalue weighted by Gasteiger charge is 2.19. The highest BCUT2D eigenvalue weighted by molar-refractivity contribution is 5.58. The quantitative estimate of drug-likeness (QED) is 0.881. The number of ether oxygens (including phenoxy) is 1. The summed E-state index contributed by atoms with van der Waals surface area (Å²) in [5.41, 5.74) is 4.22. The van der Waals surface area contributed by atoms with E-state index in [1.54, 1.807) is 7.11 Å². The third-order valence-corrected chi connectivity index (χ3v) is 3.23. The predicted octanol–water partition coefficient (Wildman–Crippen LogP) is 2.14. The van der Waals surface area contributed by atoms with Crippen LogP contribution in [0.4, 0.5) is 11.6 Å². The number of rotatable bonds is 3. The molecule has 0 saturated heterocycles. The van der Waals surface area contributed by atoms with Crippen LogP contribution in [0.15, 0.2) is 24.3 Å². The van der Waals surface area contributed by atoms with Crippen LogP contribution < -0.4 is 15.4 Å². The molecule has 98 valence electrons. The van der Waals surface area contributed by atoms with Crippen molar-refractivity contribution in [1.82, 2.24) is 15.3 Å². The molecular weight excluding hydrogens is 240 g/mol. The lowest BCUT2D eigenvalue weighted by Gasteiger charge is -2.11. The van der Waals surface area contributed by atoms with E-state index in [2.05, 4.69) is 33.6 Å². The number of nitrogens with zero attached hydrogens (tertiary/aromatic N) is 2. The summed E-state index contributed by atoms with van der Waals surface area (Å²) in [6.07, 6.45) is 0. The molecule has 0 saturated carbocycles. The third-order valence-electron chi connectivity index (χ3n) is 3.23. The number of para-hydroxylation sites is 1. The van der Waals surface area contributed by atoms with Crippen LogP contribution in [0.2, 0.25) is 0 Å². The summed E-state index contributed by atoms with van der Waals surface area (Å²) in [5, 5.41) is 6.50. The first-order valence-electron chi connectivity index (χ1n) is 6.25. The molecule has 5 nitrogen and oxygen atoms in total. The maximum Gasteiger partial charge on any atom is 0.230 e. The van der Waals surface area contributed by atoms with Gasteiger partial charge >= 0.3 is 0 Å². The largest absolute Gasteiger partial charge is 0.481 e. The minimum Gasteiger partial charge on any atom is -0.481 e. The van der Waals surface area contributed by atoms with Crippen LogP contribution in [0.3, 0.4) is 0 Å². The van der Waals surface area contributed by atoms with Crippen molar-refractivity contribution in [2.45, 2.75) is 20.0 Å². The van der Waals surface area contributed by atoms with Gasteiger partial charge in [0.05, 0.1) is 18.4 Å². The fraction of sp³-hybridized carbons (Fsp3) is 0.286. The summed E-state index contributed by atoms with van der Waals surface area (Å²) in [4.78, 5) is 8.95. The Morgan fingerprint density at radius 1 is 1.21 bits per heavy atom. The van der Waals surface area contributed by atoms with Gasteiger partial charge < -0.3 is 15.4 Å². The van der Waals surface area contributed by atoms with Crippen LogP contribution in [0.1, 0.15) is 16.8 Å². The Labute approximate surface area is 112 Å². The molecule has 3 rings (SSSR count). The Morgan fingerprint density at radius 2 is 2.05 bits per heavy atom. The fourth-order valence-electron chi connectivity index (χ4n) is 2.20. The molecule has 0 unspecified atom stereocenters. The van der Waals surface area contributed by atoms with E-state index in [9.17, 15) is 0 Å². The van der Waals surface area contributed by atoms with E-state index in [1.165, 1.54) is 0 Å². The normalized spacial score (nSPS) is 13.2. The number of fused-ring (bicyclic) bond motifs is 1. The van der Waals surface area contributed by atoms with Gasteiger partial charge in [0, 0.05) is 18.8 Å². The van der Waals surface area contributed by atoms with Crippen LogP contribution in [0.25, 0.3) is 0 Å². The maximum atomic E-state index is 5.33. The Balaban J connectivity index is 1.96. The molecule has 2 N–H and O–H groups in total. The molecule has 0 bridgehead atoms. The van der Waals surface area contributed by atoms with Crippen molar-refractivity contribution in [3.8, 4) is 5.88 Å². The molecule has 0 aliphatic carbocycles. The predicted molar refractivity (Wildman–Crippen MR) is 73.6 cm³/mol. The minimum atomic E-state index is 0.577. The standard InChI is InChI=1S/C14H16N4O/c1-9-5-3-4-6-11(9)16-14-17-12-8-15-7-10(12)13(18-14)19-2/h3-6,15H,7-8H2,1-2H3,(H,16,17,18). The fourth-order valence-corrected chi connectivity index (χ4v) is 2.20. The van der Waals surface area contributed by atoms with E-state index in [0.717, 1.165) is 35.6 Å². The number of hydrogen-bond donors (Lipinski definition) is 2. The Kier molecular flexibility index (Phi) is 3.05. The molecule has 0 atom stereocenters. The van der Waals surface area contributed by atoms with Crippen molar-refractivity contribution in [3.63, 3.8) is 0 Å². The Bertz CT molecular complexity index is 612. The van der Waals surface area contributed by atoms with Crippen molar-refractivity contribution in [2.24, 2.45) is 0 Å². The van der Waals surface area contributed by atoms with E-state index in [4.69, 9.17) is 4.74 Å². The molecule has 2 heterocycles. The lowest BCUT2D eigenvalue weighted by Crippen LogP contribution is -2.04. The molecule has 0 fully saturated rings. The van der Waals surface area contributed by atoms with Crippen molar-refractivity contribution in [3.05, 3.63) is 41.1 Å². The van der Waals surface area contributed by atoms with Gasteiger partial charge in [0.15, 0.2) is 0 Å². The van der Waals surface area contributed by atoms with Crippen LogP contribution >= 0.6 is 0 Å². The Morgan fingerprint density at radius 3 is 2.84 bits per heavy atom. The van der Waals surface area contributed by atoms with Gasteiger partial charge in [-0.25, -0.2) is 4.98 Å². The lowest BCUT2D eigenvalue weighted by atomic mass is 10.2. The van der Waals surface area contributed by atoms with Crippen molar-refractivity contribution < 1.29 is 4.74 Å². The molecule has 0 spiro atoms. The summed E-state index contributed by atoms with van der Waals surface area (Å²) in [7, 11) is 1.64. The van der Waals surface area contributed by atoms with Gasteiger partial charge in [-0.15, -0.1) is 0 Å². The van der Waals surface area contributed by atoms with E-state index in [0.29, 0.717) is 11.8 Å². The van der Waals surface area contributed by atoms with E-state index in [-0.39, 0.29) is 0 Å². The van der Waals surface area contributed by atoms with Gasteiger partial charge in [-0.1, -0.05) is 18.2 Å². The van der Waals surface area contributed by atoms with E-state index < -0.39 is 0 Å². The van der Waals surface area contributed by atoms with Gasteiger partial charge in [-0.3, -0.25) is 0 Å². The molecule has 0 amide bonds. The first-order chi connectivity index (χ1) is 9.28. The Hall–Kier alpha value is -2.14. The highest BCUT2D eigenvalue weighted by atomic mass is 16.5. The maximum absolute atomic E-state index is 5.33. The van der Waals surface area contributed by atoms with Crippen molar-refractivity contribution in [1.29, 1.82) is 0 Å². The highest BCUT2D eigenvalue weighted by Crippen LogP contribution is 2.26. The van der Waals surface area contributed by atoms with Crippen LogP contribution in [-0.4, -0.2) is 17.1 Å². The zero-order valence-electron chi connectivity index (χ0n) is 11.0. The number of hydrogen-bond acceptors (Lipinski definition) is 5. The van der Waals surface area contributed by atoms with Gasteiger partial charge in [0.25, 0.3) is 0 Å². The summed E-state index contributed by atoms with van der Waals surface area (Å²) in [6, 6.07) is 8.06. The molecule has 5 heteroatoms. The van der Waals surface area contributed by atoms with E-state index >= 15 is 0 Å². The number of anilines is 2. The average molecular weight is 256 g/mol. The van der Waals surface area contributed by atoms with Crippen LogP contribution in [-0.2, 0) is 13.1 Å². The second-order valence-electron chi connectivity index (χ2n) is 4.53. The summed E-state index contributed by atoms with van der Waals surface area (Å²) >= 11 is 0. The molecule has 0 radical (unpaired) electrons. The van der Waals surface area contributed by atoms with Crippen molar-refractivity contribution in [2.75, 3.05) is 12.4 Å². The number of nitrogens with one attached hydrogen (secondary N) is 2. The average Bonchev–Trinajstić information content (AvgIpc) is 2.89. The van der Waals surface area contributed by atoms with Gasteiger partial charge in [-0.2, -0.15) is 4.98 Å². The SMILES string of the molecule is COc1nc(Nc2ccccc2C)nc2c1CNC2. The lowest BCUT2D eigenvalue weighted by molar-refractivity contribution is 0.392. The molecule has 1 aliphatic heterocycles. The number of aryl methyl sites for hydroxylation is 1. The summed E-state index contributed by atoms with van der Waals surface area (Å²) < 4.78 is 5.33. The van der Waals surface area contributed by atoms with Gasteiger partial charge in [0.1, 0.15) is 0 Å². The zero-order chi connectivity index (χ0) is 13.2. The third kappa shape index (κ3) is 2.24. The van der Waals surface area contributed by atoms with Crippen LogP contribution in [0.5, 0.6) is 5.88 Å². The van der Waals surface area contributed by atoms with Crippen molar-refractivity contribution >= 4 is 11.6 Å². The zero-order valence-corrected chi connectivity index (χ0v) is 11.0. The first kappa shape index (κ1) is 11.9. The first-order valence-corrected chi connectivity index (χ1v) is 6.25. The second-order valence-corrected chi connectivity index (χ2v) is 4.53. The topological polar surface area (TPSA) is 59.1 Å². The van der Waals surface area contributed by atoms with Gasteiger partial charge in [0.2, 0.25) is 11.8 Å². The number of methoxy groups -OCH3 is 1. The summed E-state index contributed by atoms with van der Waals surface area (Å²) in [5.74, 6) is 1.22. The molecule has 2 aromatic rings. The van der Waals surface area contributed by atoms with Gasteiger partial charge in [-0.05, 0) is 18.6 Å². The smallest absolute Gasteiger partial charge is 0.230 e. The summed E-state index contributed by atoms with van der Waals surface area (Å²) in [6.45, 7) is 3.58. The van der Waals surface area contributed by atoms with E-state index in [1.807, 2.05) is 18.2 Å². The molecular formula is C14H16N4O. The monoisotopic (exact) mass is 256 g/mol. The van der Waals surface area contributed by atoms with Crippen LogP contribution in [0, 0.1) is 6.92 Å². The number of benzene rings is 1. The minimum absolute atomic E-state index is 0.577. The molecule has 1 aromatic heterocycles. The molecule has 1 aliphatic rings.